The lowest BCUT2D eigenvalue weighted by Crippen LogP contribution is -2.49. The molecule has 2 unspecified atom stereocenters. The number of amides is 2. The van der Waals surface area contributed by atoms with Gasteiger partial charge in [0.25, 0.3) is 0 Å². The van der Waals surface area contributed by atoms with Crippen LogP contribution in [-0.2, 0) is 4.74 Å². The van der Waals surface area contributed by atoms with Crippen molar-refractivity contribution in [3.05, 3.63) is 34.9 Å². The van der Waals surface area contributed by atoms with E-state index in [2.05, 4.69) is 5.32 Å². The summed E-state index contributed by atoms with van der Waals surface area (Å²) in [7, 11) is 0. The summed E-state index contributed by atoms with van der Waals surface area (Å²) in [5.41, 5.74) is 0.726. The summed E-state index contributed by atoms with van der Waals surface area (Å²) in [4.78, 5) is 13.7. The standard InChI is InChI=1S/C14H19ClN2O3/c1-10(13(18)11-2-4-12(15)5-3-11)16-14(19)17-6-8-20-9-7-17/h2-5,10,13,18H,6-9H2,1H3,(H,16,19). The van der Waals surface area contributed by atoms with Gasteiger partial charge in [0, 0.05) is 18.1 Å². The van der Waals surface area contributed by atoms with Gasteiger partial charge in [0.1, 0.15) is 0 Å². The Hall–Kier alpha value is -1.30. The number of nitrogens with one attached hydrogen (secondary N) is 1. The zero-order chi connectivity index (χ0) is 14.5. The van der Waals surface area contributed by atoms with Crippen molar-refractivity contribution in [2.24, 2.45) is 0 Å². The quantitative estimate of drug-likeness (QED) is 0.894. The first-order valence-electron chi connectivity index (χ1n) is 6.64. The summed E-state index contributed by atoms with van der Waals surface area (Å²) < 4.78 is 5.20. The third-order valence-corrected chi connectivity index (χ3v) is 3.59. The van der Waals surface area contributed by atoms with E-state index in [1.807, 2.05) is 0 Å². The molecule has 2 rings (SSSR count). The van der Waals surface area contributed by atoms with Crippen molar-refractivity contribution in [2.75, 3.05) is 26.3 Å². The minimum absolute atomic E-state index is 0.172. The number of ether oxygens (including phenoxy) is 1. The number of benzene rings is 1. The van der Waals surface area contributed by atoms with E-state index in [0.717, 1.165) is 5.56 Å². The fourth-order valence-corrected chi connectivity index (χ4v) is 2.21. The van der Waals surface area contributed by atoms with E-state index in [-0.39, 0.29) is 12.1 Å². The number of rotatable bonds is 3. The Kier molecular flexibility index (Phi) is 5.23. The van der Waals surface area contributed by atoms with Gasteiger partial charge in [-0.1, -0.05) is 23.7 Å². The van der Waals surface area contributed by atoms with Crippen LogP contribution in [0.25, 0.3) is 0 Å². The topological polar surface area (TPSA) is 61.8 Å². The van der Waals surface area contributed by atoms with Crippen LogP contribution in [-0.4, -0.2) is 48.4 Å². The van der Waals surface area contributed by atoms with Crippen molar-refractivity contribution in [1.29, 1.82) is 0 Å². The number of aliphatic hydroxyl groups excluding tert-OH is 1. The maximum atomic E-state index is 12.0. The number of hydrogen-bond acceptors (Lipinski definition) is 3. The summed E-state index contributed by atoms with van der Waals surface area (Å²) in [6.45, 7) is 4.05. The SMILES string of the molecule is CC(NC(=O)N1CCOCC1)C(O)c1ccc(Cl)cc1. The van der Waals surface area contributed by atoms with Crippen LogP contribution in [0.15, 0.2) is 24.3 Å². The smallest absolute Gasteiger partial charge is 0.317 e. The fourth-order valence-electron chi connectivity index (χ4n) is 2.08. The highest BCUT2D eigenvalue weighted by molar-refractivity contribution is 6.30. The molecule has 6 heteroatoms. The molecule has 2 atom stereocenters. The number of morpholine rings is 1. The van der Waals surface area contributed by atoms with E-state index in [4.69, 9.17) is 16.3 Å². The van der Waals surface area contributed by atoms with Gasteiger partial charge in [-0.3, -0.25) is 0 Å². The van der Waals surface area contributed by atoms with Crippen LogP contribution in [0.1, 0.15) is 18.6 Å². The Morgan fingerprint density at radius 1 is 1.35 bits per heavy atom. The summed E-state index contributed by atoms with van der Waals surface area (Å²) in [5, 5.41) is 13.7. The zero-order valence-electron chi connectivity index (χ0n) is 11.4. The van der Waals surface area contributed by atoms with Gasteiger partial charge < -0.3 is 20.1 Å². The third-order valence-electron chi connectivity index (χ3n) is 3.33. The molecule has 0 spiro atoms. The molecule has 1 aliphatic rings. The fraction of sp³-hybridized carbons (Fsp3) is 0.500. The number of nitrogens with zero attached hydrogens (tertiary/aromatic N) is 1. The van der Waals surface area contributed by atoms with Crippen molar-refractivity contribution in [2.45, 2.75) is 19.1 Å². The van der Waals surface area contributed by atoms with Crippen molar-refractivity contribution >= 4 is 17.6 Å². The van der Waals surface area contributed by atoms with Crippen molar-refractivity contribution in [1.82, 2.24) is 10.2 Å². The Bertz CT molecular complexity index is 446. The minimum Gasteiger partial charge on any atom is -0.386 e. The van der Waals surface area contributed by atoms with E-state index in [0.29, 0.717) is 31.3 Å². The second-order valence-corrected chi connectivity index (χ2v) is 5.27. The summed E-state index contributed by atoms with van der Waals surface area (Å²) in [5.74, 6) is 0. The molecule has 1 aliphatic heterocycles. The second-order valence-electron chi connectivity index (χ2n) is 4.83. The van der Waals surface area contributed by atoms with Gasteiger partial charge in [-0.25, -0.2) is 4.79 Å². The minimum atomic E-state index is -0.766. The number of halogens is 1. The lowest BCUT2D eigenvalue weighted by molar-refractivity contribution is 0.0501. The van der Waals surface area contributed by atoms with Gasteiger partial charge >= 0.3 is 6.03 Å². The molecule has 0 aliphatic carbocycles. The lowest BCUT2D eigenvalue weighted by atomic mass is 10.0. The van der Waals surface area contributed by atoms with E-state index >= 15 is 0 Å². The normalized spacial score (nSPS) is 18.4. The second kappa shape index (κ2) is 6.92. The first-order chi connectivity index (χ1) is 9.58. The lowest BCUT2D eigenvalue weighted by Gasteiger charge is -2.29. The van der Waals surface area contributed by atoms with Crippen LogP contribution < -0.4 is 5.32 Å². The Labute approximate surface area is 123 Å². The highest BCUT2D eigenvalue weighted by atomic mass is 35.5. The maximum Gasteiger partial charge on any atom is 0.317 e. The maximum absolute atomic E-state index is 12.0. The molecule has 1 aromatic carbocycles. The Balaban J connectivity index is 1.91. The molecular formula is C14H19ClN2O3. The molecule has 5 nitrogen and oxygen atoms in total. The van der Waals surface area contributed by atoms with Crippen LogP contribution in [0.3, 0.4) is 0 Å². The molecule has 20 heavy (non-hydrogen) atoms. The summed E-state index contributed by atoms with van der Waals surface area (Å²) in [6, 6.07) is 6.39. The van der Waals surface area contributed by atoms with Gasteiger partial charge in [0.15, 0.2) is 0 Å². The average molecular weight is 299 g/mol. The predicted octanol–water partition coefficient (Wildman–Crippen LogP) is 1.80. The van der Waals surface area contributed by atoms with Gasteiger partial charge in [-0.05, 0) is 24.6 Å². The highest BCUT2D eigenvalue weighted by Gasteiger charge is 2.22. The van der Waals surface area contributed by atoms with E-state index in [1.54, 1.807) is 36.1 Å². The van der Waals surface area contributed by atoms with Gasteiger partial charge in [0.05, 0.1) is 25.4 Å². The molecule has 1 fully saturated rings. The van der Waals surface area contributed by atoms with E-state index < -0.39 is 6.10 Å². The summed E-state index contributed by atoms with van der Waals surface area (Å²) in [6.07, 6.45) is -0.766. The van der Waals surface area contributed by atoms with Gasteiger partial charge in [-0.2, -0.15) is 0 Å². The number of carbonyl (C=O) groups excluding carboxylic acids is 1. The predicted molar refractivity (Wildman–Crippen MR) is 76.8 cm³/mol. The molecule has 2 amide bonds. The van der Waals surface area contributed by atoms with Crippen LogP contribution in [0.5, 0.6) is 0 Å². The van der Waals surface area contributed by atoms with Gasteiger partial charge in [-0.15, -0.1) is 0 Å². The molecule has 1 saturated heterocycles. The molecule has 1 aromatic rings. The molecule has 110 valence electrons. The van der Waals surface area contributed by atoms with Gasteiger partial charge in [0.2, 0.25) is 0 Å². The average Bonchev–Trinajstić information content (AvgIpc) is 2.48. The number of carbonyl (C=O) groups is 1. The number of hydrogen-bond donors (Lipinski definition) is 2. The molecule has 0 radical (unpaired) electrons. The monoisotopic (exact) mass is 298 g/mol. The largest absolute Gasteiger partial charge is 0.386 e. The highest BCUT2D eigenvalue weighted by Crippen LogP contribution is 2.19. The van der Waals surface area contributed by atoms with Crippen LogP contribution in [0, 0.1) is 0 Å². The first-order valence-corrected chi connectivity index (χ1v) is 7.02. The van der Waals surface area contributed by atoms with Crippen molar-refractivity contribution < 1.29 is 14.6 Å². The number of urea groups is 1. The summed E-state index contributed by atoms with van der Waals surface area (Å²) >= 11 is 5.81. The number of aliphatic hydroxyl groups is 1. The molecular weight excluding hydrogens is 280 g/mol. The Morgan fingerprint density at radius 2 is 1.95 bits per heavy atom. The first kappa shape index (κ1) is 15.1. The Morgan fingerprint density at radius 3 is 2.55 bits per heavy atom. The van der Waals surface area contributed by atoms with Crippen molar-refractivity contribution in [3.63, 3.8) is 0 Å². The molecule has 1 heterocycles. The molecule has 0 aromatic heterocycles. The third kappa shape index (κ3) is 3.85. The van der Waals surface area contributed by atoms with Crippen molar-refractivity contribution in [3.8, 4) is 0 Å². The zero-order valence-corrected chi connectivity index (χ0v) is 12.1. The van der Waals surface area contributed by atoms with Crippen LogP contribution in [0.4, 0.5) is 4.79 Å². The van der Waals surface area contributed by atoms with Crippen LogP contribution in [0.2, 0.25) is 5.02 Å². The molecule has 0 saturated carbocycles. The van der Waals surface area contributed by atoms with Crippen LogP contribution >= 0.6 is 11.6 Å². The van der Waals surface area contributed by atoms with E-state index in [1.165, 1.54) is 0 Å². The van der Waals surface area contributed by atoms with E-state index in [9.17, 15) is 9.90 Å². The molecule has 2 N–H and O–H groups in total. The molecule has 0 bridgehead atoms.